The van der Waals surface area contributed by atoms with Crippen molar-refractivity contribution in [1.82, 2.24) is 4.31 Å². The maximum atomic E-state index is 11.2. The first-order chi connectivity index (χ1) is 7.89. The molecule has 0 radical (unpaired) electrons. The Kier molecular flexibility index (Phi) is 2.94. The van der Waals surface area contributed by atoms with Crippen LogP contribution in [0.5, 0.6) is 0 Å². The van der Waals surface area contributed by atoms with Crippen molar-refractivity contribution < 1.29 is 12.8 Å². The van der Waals surface area contributed by atoms with Gasteiger partial charge in [-0.15, -0.1) is 0 Å². The molecule has 0 saturated heterocycles. The number of benzene rings is 1. The van der Waals surface area contributed by atoms with E-state index in [1.807, 2.05) is 30.3 Å². The molecule has 0 amide bonds. The number of furan rings is 1. The summed E-state index contributed by atoms with van der Waals surface area (Å²) in [6, 6.07) is 8.90. The zero-order valence-electron chi connectivity index (χ0n) is 9.62. The summed E-state index contributed by atoms with van der Waals surface area (Å²) in [6.07, 6.45) is 0. The topological polar surface area (TPSA) is 76.5 Å². The van der Waals surface area contributed by atoms with Gasteiger partial charge in [0.2, 0.25) is 0 Å². The maximum absolute atomic E-state index is 11.2. The summed E-state index contributed by atoms with van der Waals surface area (Å²) >= 11 is 0. The van der Waals surface area contributed by atoms with Crippen LogP contribution in [0.4, 0.5) is 0 Å². The van der Waals surface area contributed by atoms with Crippen LogP contribution in [0.1, 0.15) is 18.7 Å². The lowest BCUT2D eigenvalue weighted by molar-refractivity contribution is 0.348. The third-order valence-corrected chi connectivity index (χ3v) is 3.92. The summed E-state index contributed by atoms with van der Waals surface area (Å²) in [5, 5.41) is 6.01. The van der Waals surface area contributed by atoms with Crippen molar-refractivity contribution in [2.75, 3.05) is 7.05 Å². The number of nitrogens with zero attached hydrogens (tertiary/aromatic N) is 1. The molecule has 0 aliphatic carbocycles. The van der Waals surface area contributed by atoms with Crippen LogP contribution in [0.25, 0.3) is 11.0 Å². The maximum Gasteiger partial charge on any atom is 0.277 e. The highest BCUT2D eigenvalue weighted by Crippen LogP contribution is 2.27. The van der Waals surface area contributed by atoms with Crippen molar-refractivity contribution in [2.24, 2.45) is 5.14 Å². The number of para-hydroxylation sites is 1. The molecule has 2 rings (SSSR count). The Morgan fingerprint density at radius 1 is 1.35 bits per heavy atom. The van der Waals surface area contributed by atoms with Gasteiger partial charge in [0, 0.05) is 12.4 Å². The second kappa shape index (κ2) is 4.14. The van der Waals surface area contributed by atoms with Gasteiger partial charge in [0.1, 0.15) is 11.3 Å². The van der Waals surface area contributed by atoms with Crippen LogP contribution in [0.15, 0.2) is 34.7 Å². The summed E-state index contributed by atoms with van der Waals surface area (Å²) in [7, 11) is -2.29. The van der Waals surface area contributed by atoms with Gasteiger partial charge >= 0.3 is 0 Å². The van der Waals surface area contributed by atoms with E-state index in [9.17, 15) is 8.42 Å². The highest BCUT2D eigenvalue weighted by atomic mass is 32.2. The van der Waals surface area contributed by atoms with E-state index in [0.717, 1.165) is 15.3 Å². The van der Waals surface area contributed by atoms with Crippen molar-refractivity contribution in [3.05, 3.63) is 36.1 Å². The van der Waals surface area contributed by atoms with E-state index in [1.165, 1.54) is 7.05 Å². The molecule has 17 heavy (non-hydrogen) atoms. The van der Waals surface area contributed by atoms with E-state index >= 15 is 0 Å². The monoisotopic (exact) mass is 254 g/mol. The summed E-state index contributed by atoms with van der Waals surface area (Å²) in [5.74, 6) is 0.572. The molecule has 0 unspecified atom stereocenters. The first-order valence-electron chi connectivity index (χ1n) is 5.14. The minimum atomic E-state index is -3.71. The van der Waals surface area contributed by atoms with Crippen LogP contribution in [-0.4, -0.2) is 19.8 Å². The second-order valence-electron chi connectivity index (χ2n) is 3.92. The lowest BCUT2D eigenvalue weighted by atomic mass is 10.2. The van der Waals surface area contributed by atoms with Gasteiger partial charge in [-0.3, -0.25) is 0 Å². The molecule has 0 aliphatic heterocycles. The smallest absolute Gasteiger partial charge is 0.277 e. The molecule has 1 aromatic heterocycles. The highest BCUT2D eigenvalue weighted by molar-refractivity contribution is 7.86. The minimum Gasteiger partial charge on any atom is -0.459 e. The summed E-state index contributed by atoms with van der Waals surface area (Å²) in [4.78, 5) is 0. The fraction of sp³-hybridized carbons (Fsp3) is 0.273. The lowest BCUT2D eigenvalue weighted by Gasteiger charge is -2.19. The van der Waals surface area contributed by atoms with Gasteiger partial charge in [0.05, 0.1) is 6.04 Å². The van der Waals surface area contributed by atoms with Crippen molar-refractivity contribution in [3.8, 4) is 0 Å². The normalized spacial score (nSPS) is 14.4. The van der Waals surface area contributed by atoms with Gasteiger partial charge in [-0.25, -0.2) is 5.14 Å². The zero-order chi connectivity index (χ0) is 12.6. The Balaban J connectivity index is 2.40. The van der Waals surface area contributed by atoms with Crippen LogP contribution >= 0.6 is 0 Å². The average Bonchev–Trinajstić information content (AvgIpc) is 2.69. The molecule has 0 aliphatic rings. The molecular formula is C11H14N2O3S. The molecular weight excluding hydrogens is 240 g/mol. The minimum absolute atomic E-state index is 0.433. The number of fused-ring (bicyclic) bond motifs is 1. The second-order valence-corrected chi connectivity index (χ2v) is 5.53. The number of hydrogen-bond donors (Lipinski definition) is 1. The van der Waals surface area contributed by atoms with Crippen LogP contribution in [0, 0.1) is 0 Å². The average molecular weight is 254 g/mol. The highest BCUT2D eigenvalue weighted by Gasteiger charge is 2.23. The number of nitrogens with two attached hydrogens (primary N) is 1. The van der Waals surface area contributed by atoms with E-state index in [0.29, 0.717) is 5.76 Å². The van der Waals surface area contributed by atoms with E-state index < -0.39 is 16.3 Å². The first kappa shape index (κ1) is 12.1. The molecule has 0 bridgehead atoms. The first-order valence-corrected chi connectivity index (χ1v) is 6.64. The molecule has 5 nitrogen and oxygen atoms in total. The van der Waals surface area contributed by atoms with E-state index in [2.05, 4.69) is 0 Å². The molecule has 0 fully saturated rings. The van der Waals surface area contributed by atoms with Gasteiger partial charge in [-0.05, 0) is 19.1 Å². The van der Waals surface area contributed by atoms with Gasteiger partial charge in [-0.1, -0.05) is 18.2 Å². The van der Waals surface area contributed by atoms with Gasteiger partial charge in [-0.2, -0.15) is 12.7 Å². The molecule has 0 spiro atoms. The van der Waals surface area contributed by atoms with Crippen LogP contribution < -0.4 is 5.14 Å². The van der Waals surface area contributed by atoms with Crippen molar-refractivity contribution in [2.45, 2.75) is 13.0 Å². The molecule has 1 heterocycles. The third-order valence-electron chi connectivity index (χ3n) is 2.80. The zero-order valence-corrected chi connectivity index (χ0v) is 10.4. The number of rotatable bonds is 3. The van der Waals surface area contributed by atoms with Crippen LogP contribution in [0.2, 0.25) is 0 Å². The van der Waals surface area contributed by atoms with Crippen molar-refractivity contribution in [3.63, 3.8) is 0 Å². The summed E-state index contributed by atoms with van der Waals surface area (Å²) in [6.45, 7) is 1.72. The third kappa shape index (κ3) is 2.33. The van der Waals surface area contributed by atoms with Crippen LogP contribution in [0.3, 0.4) is 0 Å². The summed E-state index contributed by atoms with van der Waals surface area (Å²) < 4.78 is 29.1. The molecule has 0 saturated carbocycles. The van der Waals surface area contributed by atoms with Crippen molar-refractivity contribution in [1.29, 1.82) is 0 Å². The predicted molar refractivity (Wildman–Crippen MR) is 65.5 cm³/mol. The van der Waals surface area contributed by atoms with Crippen LogP contribution in [-0.2, 0) is 10.2 Å². The van der Waals surface area contributed by atoms with E-state index in [-0.39, 0.29) is 0 Å². The standard InChI is InChI=1S/C11H14N2O3S/c1-8(13(2)17(12,14)15)11-7-9-5-3-4-6-10(9)16-11/h3-8H,1-2H3,(H2,12,14,15)/t8-/m1/s1. The Labute approximate surface area is 100.0 Å². The quantitative estimate of drug-likeness (QED) is 0.904. The molecule has 1 atom stereocenters. The van der Waals surface area contributed by atoms with E-state index in [1.54, 1.807) is 6.92 Å². The molecule has 92 valence electrons. The van der Waals surface area contributed by atoms with Gasteiger partial charge < -0.3 is 4.42 Å². The Hall–Kier alpha value is -1.37. The van der Waals surface area contributed by atoms with Crippen molar-refractivity contribution >= 4 is 21.2 Å². The molecule has 2 aromatic rings. The van der Waals surface area contributed by atoms with Gasteiger partial charge in [0.25, 0.3) is 10.2 Å². The fourth-order valence-electron chi connectivity index (χ4n) is 1.61. The molecule has 2 N–H and O–H groups in total. The number of hydrogen-bond acceptors (Lipinski definition) is 3. The largest absolute Gasteiger partial charge is 0.459 e. The Morgan fingerprint density at radius 3 is 2.59 bits per heavy atom. The molecule has 1 aromatic carbocycles. The van der Waals surface area contributed by atoms with Gasteiger partial charge in [0.15, 0.2) is 0 Å². The molecule has 6 heteroatoms. The van der Waals surface area contributed by atoms with E-state index in [4.69, 9.17) is 9.56 Å². The predicted octanol–water partition coefficient (Wildman–Crippen LogP) is 1.63. The fourth-order valence-corrected chi connectivity index (χ4v) is 2.15. The SMILES string of the molecule is C[C@H](c1cc2ccccc2o1)N(C)S(N)(=O)=O. The lowest BCUT2D eigenvalue weighted by Crippen LogP contribution is -2.35. The Bertz CT molecular complexity index is 600. The summed E-state index contributed by atoms with van der Waals surface area (Å²) in [5.41, 5.74) is 0.733. The Morgan fingerprint density at radius 2 is 2.00 bits per heavy atom.